The Bertz CT molecular complexity index is 2140. The van der Waals surface area contributed by atoms with Crippen LogP contribution in [-0.4, -0.2) is 62.4 Å². The Kier molecular flexibility index (Phi) is 11.4. The van der Waals surface area contributed by atoms with Gasteiger partial charge < -0.3 is 9.47 Å². The lowest BCUT2D eigenvalue weighted by molar-refractivity contribution is 0.0371. The normalized spacial score (nSPS) is 11.9. The van der Waals surface area contributed by atoms with Crippen molar-refractivity contribution in [1.82, 2.24) is 28.6 Å². The van der Waals surface area contributed by atoms with E-state index >= 15 is 0 Å². The molecule has 3 aromatic carbocycles. The average molecular weight is 788 g/mol. The van der Waals surface area contributed by atoms with Gasteiger partial charge in [0.1, 0.15) is 22.9 Å². The maximum atomic E-state index is 14.5. The Hall–Kier alpha value is -4.87. The molecule has 0 N–H and O–H groups in total. The van der Waals surface area contributed by atoms with Gasteiger partial charge in [-0.05, 0) is 103 Å². The van der Waals surface area contributed by atoms with Gasteiger partial charge in [0.2, 0.25) is 5.82 Å². The highest BCUT2D eigenvalue weighted by atomic mass is 79.9. The Morgan fingerprint density at radius 3 is 2.29 bits per heavy atom. The number of amides is 1. The molecule has 2 heterocycles. The number of carbonyl (C=O) groups is 1. The number of methoxy groups -OCH3 is 1. The molecule has 0 aliphatic rings. The monoisotopic (exact) mass is 786 g/mol. The van der Waals surface area contributed by atoms with Gasteiger partial charge in [-0.2, -0.15) is 17.0 Å². The second-order valence-electron chi connectivity index (χ2n) is 12.5. The summed E-state index contributed by atoms with van der Waals surface area (Å²) in [7, 11) is -2.99. The van der Waals surface area contributed by atoms with Crippen molar-refractivity contribution in [1.29, 1.82) is 0 Å². The summed E-state index contributed by atoms with van der Waals surface area (Å²) in [6.07, 6.45) is -0.735. The molecular weight excluding hydrogens is 751 g/mol. The number of halogens is 2. The van der Waals surface area contributed by atoms with E-state index in [-0.39, 0.29) is 59.8 Å². The zero-order valence-corrected chi connectivity index (χ0v) is 30.9. The third-order valence-electron chi connectivity index (χ3n) is 7.52. The highest BCUT2D eigenvalue weighted by molar-refractivity contribution is 9.10. The molecule has 0 bridgehead atoms. The highest BCUT2D eigenvalue weighted by Crippen LogP contribution is 2.26. The minimum atomic E-state index is -4.51. The van der Waals surface area contributed by atoms with E-state index in [1.165, 1.54) is 29.6 Å². The molecule has 5 rings (SSSR count). The van der Waals surface area contributed by atoms with Crippen LogP contribution in [0.3, 0.4) is 0 Å². The standard InChI is InChI=1S/C34H36BrFN6O8S/c1-22-8-10-24(11-9-22)21-41(32(43)48-34(2,3)4)51(45,46)40(20-23-12-15-26(47-5)16-13-23)18-6-7-29-30(38-50-37-29)31-39-49-33(44)42(31)25-14-17-28(36)27(35)19-25/h8-17,19H,6-7,18,20-21H2,1-5H3. The summed E-state index contributed by atoms with van der Waals surface area (Å²) in [4.78, 5) is 26.2. The summed E-state index contributed by atoms with van der Waals surface area (Å²) >= 11 is 3.11. The molecule has 2 aromatic heterocycles. The van der Waals surface area contributed by atoms with Gasteiger partial charge in [-0.3, -0.25) is 4.52 Å². The Morgan fingerprint density at radius 1 is 0.980 bits per heavy atom. The highest BCUT2D eigenvalue weighted by Gasteiger charge is 2.37. The summed E-state index contributed by atoms with van der Waals surface area (Å²) in [5.74, 6) is -0.850. The molecule has 17 heteroatoms. The number of hydrogen-bond donors (Lipinski definition) is 0. The largest absolute Gasteiger partial charge is 0.497 e. The van der Waals surface area contributed by atoms with E-state index < -0.39 is 33.5 Å². The molecule has 0 saturated heterocycles. The zero-order valence-electron chi connectivity index (χ0n) is 28.5. The first-order valence-electron chi connectivity index (χ1n) is 15.7. The van der Waals surface area contributed by atoms with Gasteiger partial charge in [-0.1, -0.05) is 52.3 Å². The van der Waals surface area contributed by atoms with Crippen molar-refractivity contribution in [2.24, 2.45) is 0 Å². The van der Waals surface area contributed by atoms with Gasteiger partial charge in [-0.25, -0.2) is 23.2 Å². The maximum Gasteiger partial charge on any atom is 0.446 e. The summed E-state index contributed by atoms with van der Waals surface area (Å²) in [6, 6.07) is 18.0. The molecule has 14 nitrogen and oxygen atoms in total. The number of carbonyl (C=O) groups excluding carboxylic acids is 1. The van der Waals surface area contributed by atoms with E-state index in [1.807, 2.05) is 19.1 Å². The summed E-state index contributed by atoms with van der Waals surface area (Å²) in [5, 5.41) is 11.8. The third kappa shape index (κ3) is 9.08. The van der Waals surface area contributed by atoms with Gasteiger partial charge in [0.05, 0.1) is 23.8 Å². The molecule has 0 saturated carbocycles. The lowest BCUT2D eigenvalue weighted by Crippen LogP contribution is -2.48. The summed E-state index contributed by atoms with van der Waals surface area (Å²) in [5.41, 5.74) is 1.79. The number of ether oxygens (including phenoxy) is 2. The van der Waals surface area contributed by atoms with Crippen molar-refractivity contribution in [2.75, 3.05) is 13.7 Å². The van der Waals surface area contributed by atoms with Crippen molar-refractivity contribution in [3.63, 3.8) is 0 Å². The minimum Gasteiger partial charge on any atom is -0.497 e. The fraction of sp³-hybridized carbons (Fsp3) is 0.324. The van der Waals surface area contributed by atoms with Crippen molar-refractivity contribution in [2.45, 2.75) is 59.2 Å². The molecule has 0 fully saturated rings. The van der Waals surface area contributed by atoms with E-state index in [9.17, 15) is 22.4 Å². The van der Waals surface area contributed by atoms with Crippen LogP contribution in [-0.2, 0) is 34.5 Å². The summed E-state index contributed by atoms with van der Waals surface area (Å²) < 4.78 is 66.7. The van der Waals surface area contributed by atoms with Crippen molar-refractivity contribution < 1.29 is 36.2 Å². The van der Waals surface area contributed by atoms with Gasteiger partial charge in [-0.15, -0.1) is 0 Å². The Balaban J connectivity index is 1.45. The number of aryl methyl sites for hydroxylation is 2. The van der Waals surface area contributed by atoms with Crippen LogP contribution in [0.4, 0.5) is 9.18 Å². The maximum absolute atomic E-state index is 14.5. The quantitative estimate of drug-likeness (QED) is 0.133. The minimum absolute atomic E-state index is 0.0494. The molecule has 0 spiro atoms. The number of rotatable bonds is 13. The van der Waals surface area contributed by atoms with Crippen LogP contribution >= 0.6 is 15.9 Å². The van der Waals surface area contributed by atoms with Crippen molar-refractivity contribution >= 4 is 32.2 Å². The smallest absolute Gasteiger partial charge is 0.446 e. The van der Waals surface area contributed by atoms with Crippen molar-refractivity contribution in [3.05, 3.63) is 110 Å². The molecule has 51 heavy (non-hydrogen) atoms. The van der Waals surface area contributed by atoms with Crippen LogP contribution in [0, 0.1) is 12.7 Å². The predicted octanol–water partition coefficient (Wildman–Crippen LogP) is 6.21. The van der Waals surface area contributed by atoms with Gasteiger partial charge >= 0.3 is 22.1 Å². The molecule has 0 atom stereocenters. The van der Waals surface area contributed by atoms with Crippen molar-refractivity contribution in [3.8, 4) is 23.0 Å². The molecule has 1 amide bonds. The van der Waals surface area contributed by atoms with Crippen LogP contribution in [0.25, 0.3) is 17.2 Å². The molecule has 270 valence electrons. The average Bonchev–Trinajstić information content (AvgIpc) is 3.70. The third-order valence-corrected chi connectivity index (χ3v) is 9.93. The van der Waals surface area contributed by atoms with Gasteiger partial charge in [0.15, 0.2) is 5.69 Å². The fourth-order valence-electron chi connectivity index (χ4n) is 4.98. The van der Waals surface area contributed by atoms with Crippen LogP contribution in [0.15, 0.2) is 85.1 Å². The molecular formula is C34H36BrFN6O8S. The Labute approximate surface area is 302 Å². The van der Waals surface area contributed by atoms with E-state index in [1.54, 1.807) is 57.2 Å². The lowest BCUT2D eigenvalue weighted by Gasteiger charge is -2.32. The molecule has 0 unspecified atom stereocenters. The number of aromatic nitrogens is 4. The number of benzene rings is 3. The van der Waals surface area contributed by atoms with Crippen LogP contribution < -0.4 is 10.5 Å². The first-order chi connectivity index (χ1) is 24.2. The Morgan fingerprint density at radius 2 is 1.65 bits per heavy atom. The van der Waals surface area contributed by atoms with Crippen LogP contribution in [0.2, 0.25) is 0 Å². The lowest BCUT2D eigenvalue weighted by atomic mass is 10.1. The first-order valence-corrected chi connectivity index (χ1v) is 17.9. The van der Waals surface area contributed by atoms with Crippen LogP contribution in [0.5, 0.6) is 5.75 Å². The van der Waals surface area contributed by atoms with Gasteiger partial charge in [0.25, 0.3) is 0 Å². The zero-order chi connectivity index (χ0) is 36.9. The number of nitrogens with zero attached hydrogens (tertiary/aromatic N) is 6. The molecule has 0 radical (unpaired) electrons. The molecule has 0 aliphatic carbocycles. The van der Waals surface area contributed by atoms with E-state index in [0.717, 1.165) is 14.4 Å². The van der Waals surface area contributed by atoms with E-state index in [0.29, 0.717) is 16.9 Å². The fourth-order valence-corrected chi connectivity index (χ4v) is 6.83. The predicted molar refractivity (Wildman–Crippen MR) is 187 cm³/mol. The molecule has 5 aromatic rings. The molecule has 0 aliphatic heterocycles. The SMILES string of the molecule is COc1ccc(CN(CCCc2nonc2-c2noc(=O)n2-c2ccc(F)c(Br)c2)S(=O)(=O)N(Cc2ccc(C)cc2)C(=O)OC(C)(C)C)cc1. The first kappa shape index (κ1) is 37.4. The summed E-state index contributed by atoms with van der Waals surface area (Å²) in [6.45, 7) is 6.44. The van der Waals surface area contributed by atoms with Gasteiger partial charge in [0, 0.05) is 13.1 Å². The second-order valence-corrected chi connectivity index (χ2v) is 15.2. The van der Waals surface area contributed by atoms with Crippen LogP contribution in [0.1, 0.15) is 49.6 Å². The second kappa shape index (κ2) is 15.6. The van der Waals surface area contributed by atoms with E-state index in [4.69, 9.17) is 18.6 Å². The number of hydrogen-bond acceptors (Lipinski definition) is 11. The topological polar surface area (TPSA) is 163 Å². The van der Waals surface area contributed by atoms with E-state index in [2.05, 4.69) is 31.4 Å².